The summed E-state index contributed by atoms with van der Waals surface area (Å²) in [5.41, 5.74) is 4.22. The Morgan fingerprint density at radius 2 is 1.79 bits per heavy atom. The van der Waals surface area contributed by atoms with Gasteiger partial charge in [-0.3, -0.25) is 9.78 Å². The zero-order chi connectivity index (χ0) is 19.3. The molecule has 0 atom stereocenters. The molecule has 2 heterocycles. The molecule has 0 saturated heterocycles. The molecule has 138 valence electrons. The van der Waals surface area contributed by atoms with Gasteiger partial charge in [0.25, 0.3) is 0 Å². The summed E-state index contributed by atoms with van der Waals surface area (Å²) in [5, 5.41) is 7.63. The minimum Gasteiger partial charge on any atom is -0.324 e. The van der Waals surface area contributed by atoms with Gasteiger partial charge in [-0.25, -0.2) is 4.68 Å². The first-order chi connectivity index (χ1) is 13.7. The van der Waals surface area contributed by atoms with Crippen molar-refractivity contribution in [2.24, 2.45) is 0 Å². The normalized spacial score (nSPS) is 10.6. The number of benzene rings is 2. The number of carbonyl (C=O) groups excluding carboxylic acids is 1. The number of amides is 1. The Labute approximate surface area is 171 Å². The highest BCUT2D eigenvalue weighted by Gasteiger charge is 2.15. The number of para-hydroxylation sites is 1. The number of rotatable bonds is 5. The number of halogens is 1. The van der Waals surface area contributed by atoms with Gasteiger partial charge in [-0.05, 0) is 36.4 Å². The van der Waals surface area contributed by atoms with E-state index in [1.807, 2.05) is 71.5 Å². The molecule has 4 rings (SSSR count). The third-order valence-electron chi connectivity index (χ3n) is 4.22. The van der Waals surface area contributed by atoms with Gasteiger partial charge in [0.2, 0.25) is 5.91 Å². The van der Waals surface area contributed by atoms with E-state index < -0.39 is 0 Å². The van der Waals surface area contributed by atoms with E-state index >= 15 is 0 Å². The van der Waals surface area contributed by atoms with Crippen molar-refractivity contribution in [2.45, 2.75) is 6.42 Å². The van der Waals surface area contributed by atoms with Crippen molar-refractivity contribution in [1.29, 1.82) is 0 Å². The van der Waals surface area contributed by atoms with E-state index in [0.29, 0.717) is 5.69 Å². The largest absolute Gasteiger partial charge is 0.324 e. The second kappa shape index (κ2) is 8.19. The first kappa shape index (κ1) is 18.1. The number of hydrogen-bond donors (Lipinski definition) is 1. The number of pyridine rings is 1. The maximum absolute atomic E-state index is 12.6. The van der Waals surface area contributed by atoms with Crippen LogP contribution in [0.4, 0.5) is 5.69 Å². The van der Waals surface area contributed by atoms with Crippen molar-refractivity contribution in [1.82, 2.24) is 14.8 Å². The molecule has 0 fully saturated rings. The zero-order valence-electron chi connectivity index (χ0n) is 14.9. The molecular weight excluding hydrogens is 416 g/mol. The van der Waals surface area contributed by atoms with Gasteiger partial charge in [0, 0.05) is 28.0 Å². The van der Waals surface area contributed by atoms with Crippen LogP contribution in [-0.2, 0) is 11.2 Å². The number of aromatic nitrogens is 3. The molecule has 2 aromatic carbocycles. The topological polar surface area (TPSA) is 59.8 Å². The minimum absolute atomic E-state index is 0.112. The van der Waals surface area contributed by atoms with Gasteiger partial charge in [0.15, 0.2) is 0 Å². The number of nitrogens with one attached hydrogen (secondary N) is 1. The summed E-state index contributed by atoms with van der Waals surface area (Å²) in [5.74, 6) is -0.112. The average Bonchev–Trinajstić information content (AvgIpc) is 3.13. The number of hydrogen-bond acceptors (Lipinski definition) is 3. The maximum Gasteiger partial charge on any atom is 0.228 e. The maximum atomic E-state index is 12.6. The van der Waals surface area contributed by atoms with Crippen molar-refractivity contribution in [3.05, 3.63) is 95.4 Å². The lowest BCUT2D eigenvalue weighted by Gasteiger charge is -2.05. The summed E-state index contributed by atoms with van der Waals surface area (Å²) in [6.45, 7) is 0. The molecule has 0 aliphatic rings. The third kappa shape index (κ3) is 4.18. The van der Waals surface area contributed by atoms with Crippen molar-refractivity contribution < 1.29 is 4.79 Å². The van der Waals surface area contributed by atoms with Crippen molar-refractivity contribution in [3.8, 4) is 16.9 Å². The minimum atomic E-state index is -0.112. The van der Waals surface area contributed by atoms with E-state index in [2.05, 4.69) is 26.2 Å². The fourth-order valence-electron chi connectivity index (χ4n) is 2.92. The molecule has 0 spiro atoms. The number of anilines is 1. The van der Waals surface area contributed by atoms with Crippen LogP contribution in [-0.4, -0.2) is 20.7 Å². The lowest BCUT2D eigenvalue weighted by molar-refractivity contribution is -0.115. The molecule has 5 nitrogen and oxygen atoms in total. The molecule has 2 aromatic heterocycles. The summed E-state index contributed by atoms with van der Waals surface area (Å²) < 4.78 is 2.80. The van der Waals surface area contributed by atoms with Crippen LogP contribution < -0.4 is 5.32 Å². The van der Waals surface area contributed by atoms with Gasteiger partial charge >= 0.3 is 0 Å². The van der Waals surface area contributed by atoms with Crippen LogP contribution in [0.15, 0.2) is 89.8 Å². The second-order valence-electron chi connectivity index (χ2n) is 6.26. The first-order valence-corrected chi connectivity index (χ1v) is 9.58. The highest BCUT2D eigenvalue weighted by molar-refractivity contribution is 9.10. The summed E-state index contributed by atoms with van der Waals surface area (Å²) in [6.07, 6.45) is 5.43. The fourth-order valence-corrected chi connectivity index (χ4v) is 3.18. The molecule has 0 radical (unpaired) electrons. The predicted molar refractivity (Wildman–Crippen MR) is 113 cm³/mol. The first-order valence-electron chi connectivity index (χ1n) is 8.79. The third-order valence-corrected chi connectivity index (χ3v) is 4.75. The Hall–Kier alpha value is -3.25. The molecule has 0 bridgehead atoms. The van der Waals surface area contributed by atoms with E-state index in [1.54, 1.807) is 18.5 Å². The van der Waals surface area contributed by atoms with E-state index in [-0.39, 0.29) is 12.3 Å². The summed E-state index contributed by atoms with van der Waals surface area (Å²) in [7, 11) is 0. The second-order valence-corrected chi connectivity index (χ2v) is 7.17. The van der Waals surface area contributed by atoms with Crippen molar-refractivity contribution in [2.75, 3.05) is 5.32 Å². The van der Waals surface area contributed by atoms with Crippen molar-refractivity contribution >= 4 is 27.5 Å². The smallest absolute Gasteiger partial charge is 0.228 e. The van der Waals surface area contributed by atoms with Gasteiger partial charge in [-0.1, -0.05) is 46.3 Å². The van der Waals surface area contributed by atoms with Crippen LogP contribution in [0.2, 0.25) is 0 Å². The Morgan fingerprint density at radius 3 is 2.50 bits per heavy atom. The van der Waals surface area contributed by atoms with Gasteiger partial charge in [0.1, 0.15) is 0 Å². The molecule has 0 aliphatic carbocycles. The van der Waals surface area contributed by atoms with E-state index in [1.165, 1.54) is 0 Å². The monoisotopic (exact) mass is 432 g/mol. The number of nitrogens with zero attached hydrogens (tertiary/aromatic N) is 3. The molecule has 1 amide bonds. The van der Waals surface area contributed by atoms with Crippen LogP contribution in [0, 0.1) is 0 Å². The predicted octanol–water partition coefficient (Wildman–Crippen LogP) is 4.88. The van der Waals surface area contributed by atoms with Gasteiger partial charge in [0.05, 0.1) is 29.7 Å². The van der Waals surface area contributed by atoms with Crippen LogP contribution >= 0.6 is 15.9 Å². The number of carbonyl (C=O) groups is 1. The van der Waals surface area contributed by atoms with Crippen LogP contribution in [0.1, 0.15) is 5.56 Å². The highest BCUT2D eigenvalue weighted by atomic mass is 79.9. The van der Waals surface area contributed by atoms with Crippen LogP contribution in [0.5, 0.6) is 0 Å². The molecule has 28 heavy (non-hydrogen) atoms. The molecule has 0 aliphatic heterocycles. The quantitative estimate of drug-likeness (QED) is 0.488. The van der Waals surface area contributed by atoms with Gasteiger partial charge in [-0.2, -0.15) is 5.10 Å². The zero-order valence-corrected chi connectivity index (χ0v) is 16.5. The highest BCUT2D eigenvalue weighted by Crippen LogP contribution is 2.26. The van der Waals surface area contributed by atoms with Crippen LogP contribution in [0.3, 0.4) is 0 Å². The summed E-state index contributed by atoms with van der Waals surface area (Å²) >= 11 is 3.46. The van der Waals surface area contributed by atoms with E-state index in [9.17, 15) is 4.79 Å². The summed E-state index contributed by atoms with van der Waals surface area (Å²) in [4.78, 5) is 16.6. The van der Waals surface area contributed by atoms with Gasteiger partial charge < -0.3 is 5.32 Å². The van der Waals surface area contributed by atoms with Gasteiger partial charge in [-0.15, -0.1) is 0 Å². The fraction of sp³-hybridized carbons (Fsp3) is 0.0455. The standard InChI is InChI=1S/C22H17BrN4O/c23-18-10-8-16(9-11-18)22-17(13-21(28)25-19-5-4-12-24-14-19)15-27(26-22)20-6-2-1-3-7-20/h1-12,14-15H,13H2,(H,25,28). The Kier molecular flexibility index (Phi) is 5.30. The lowest BCUT2D eigenvalue weighted by Crippen LogP contribution is -2.14. The molecule has 4 aromatic rings. The molecule has 0 unspecified atom stereocenters. The van der Waals surface area contributed by atoms with E-state index in [4.69, 9.17) is 5.10 Å². The Bertz CT molecular complexity index is 1080. The Morgan fingerprint density at radius 1 is 1.00 bits per heavy atom. The average molecular weight is 433 g/mol. The molecular formula is C22H17BrN4O. The summed E-state index contributed by atoms with van der Waals surface area (Å²) in [6, 6.07) is 21.4. The SMILES string of the molecule is O=C(Cc1cn(-c2ccccc2)nc1-c1ccc(Br)cc1)Nc1cccnc1. The molecule has 0 saturated carbocycles. The lowest BCUT2D eigenvalue weighted by atomic mass is 10.1. The van der Waals surface area contributed by atoms with E-state index in [0.717, 1.165) is 27.0 Å². The Balaban J connectivity index is 1.67. The van der Waals surface area contributed by atoms with Crippen LogP contribution in [0.25, 0.3) is 16.9 Å². The van der Waals surface area contributed by atoms with Crippen molar-refractivity contribution in [3.63, 3.8) is 0 Å². The molecule has 1 N–H and O–H groups in total. The molecule has 6 heteroatoms.